The van der Waals surface area contributed by atoms with Crippen LogP contribution in [0.1, 0.15) is 11.5 Å². The molecule has 1 heterocycles. The molecule has 0 aliphatic carbocycles. The Hall–Kier alpha value is -2.53. The summed E-state index contributed by atoms with van der Waals surface area (Å²) in [5.74, 6) is -1.38. The van der Waals surface area contributed by atoms with Gasteiger partial charge in [-0.05, 0) is 29.8 Å². The fraction of sp³-hybridized carbons (Fsp3) is 0.263. The van der Waals surface area contributed by atoms with Gasteiger partial charge in [-0.3, -0.25) is 9.59 Å². The predicted molar refractivity (Wildman–Crippen MR) is 93.8 cm³/mol. The van der Waals surface area contributed by atoms with Crippen LogP contribution in [0.25, 0.3) is 0 Å². The summed E-state index contributed by atoms with van der Waals surface area (Å²) >= 11 is 5.81. The number of benzene rings is 2. The van der Waals surface area contributed by atoms with E-state index in [0.29, 0.717) is 17.3 Å². The van der Waals surface area contributed by atoms with Crippen molar-refractivity contribution in [3.63, 3.8) is 0 Å². The molecule has 1 N–H and O–H groups in total. The van der Waals surface area contributed by atoms with E-state index in [1.165, 1.54) is 0 Å². The maximum absolute atomic E-state index is 12.4. The van der Waals surface area contributed by atoms with Crippen molar-refractivity contribution in [2.75, 3.05) is 19.7 Å². The Kier molecular flexibility index (Phi) is 5.24. The summed E-state index contributed by atoms with van der Waals surface area (Å²) in [6.45, 7) is 0.441. The summed E-state index contributed by atoms with van der Waals surface area (Å²) in [7, 11) is 0. The second-order valence-corrected chi connectivity index (χ2v) is 6.44. The number of carboxylic acid groups (broad SMARTS) is 1. The second kappa shape index (κ2) is 7.57. The van der Waals surface area contributed by atoms with Crippen molar-refractivity contribution in [1.82, 2.24) is 4.90 Å². The fourth-order valence-electron chi connectivity index (χ4n) is 3.06. The number of nitrogens with zero attached hydrogens (tertiary/aromatic N) is 1. The second-order valence-electron chi connectivity index (χ2n) is 6.00. The molecule has 0 spiro atoms. The highest BCUT2D eigenvalue weighted by Crippen LogP contribution is 2.33. The van der Waals surface area contributed by atoms with E-state index in [4.69, 9.17) is 16.3 Å². The molecule has 0 unspecified atom stereocenters. The molecule has 5 nitrogen and oxygen atoms in total. The number of hydrogen-bond donors (Lipinski definition) is 1. The normalized spacial score (nSPS) is 19.6. The van der Waals surface area contributed by atoms with Gasteiger partial charge in [0.2, 0.25) is 0 Å². The van der Waals surface area contributed by atoms with Crippen LogP contribution in [0, 0.1) is 5.92 Å². The van der Waals surface area contributed by atoms with Crippen LogP contribution in [-0.2, 0) is 9.59 Å². The van der Waals surface area contributed by atoms with E-state index in [-0.39, 0.29) is 25.0 Å². The largest absolute Gasteiger partial charge is 0.484 e. The van der Waals surface area contributed by atoms with Crippen LogP contribution in [0.2, 0.25) is 5.02 Å². The first-order chi connectivity index (χ1) is 12.0. The molecule has 25 heavy (non-hydrogen) atoms. The molecule has 6 heteroatoms. The lowest BCUT2D eigenvalue weighted by atomic mass is 9.89. The SMILES string of the molecule is O=C(O)[C@@H]1CN(C(=O)COc2ccc(Cl)cc2)C[C@@H]1c1ccccc1. The molecular formula is C19H18ClNO4. The van der Waals surface area contributed by atoms with Gasteiger partial charge >= 0.3 is 5.97 Å². The quantitative estimate of drug-likeness (QED) is 0.891. The molecule has 130 valence electrons. The van der Waals surface area contributed by atoms with Crippen molar-refractivity contribution >= 4 is 23.5 Å². The summed E-state index contributed by atoms with van der Waals surface area (Å²) in [6, 6.07) is 16.2. The number of likely N-dealkylation sites (tertiary alicyclic amines) is 1. The minimum atomic E-state index is -0.886. The van der Waals surface area contributed by atoms with E-state index in [1.807, 2.05) is 30.3 Å². The van der Waals surface area contributed by atoms with Crippen LogP contribution < -0.4 is 4.74 Å². The van der Waals surface area contributed by atoms with Crippen LogP contribution >= 0.6 is 11.6 Å². The molecule has 1 saturated heterocycles. The first-order valence-electron chi connectivity index (χ1n) is 7.98. The van der Waals surface area contributed by atoms with Gasteiger partial charge in [-0.2, -0.15) is 0 Å². The number of halogens is 1. The van der Waals surface area contributed by atoms with Crippen molar-refractivity contribution in [3.8, 4) is 5.75 Å². The number of carbonyl (C=O) groups is 2. The molecule has 1 amide bonds. The van der Waals surface area contributed by atoms with Crippen LogP contribution in [0.15, 0.2) is 54.6 Å². The zero-order valence-electron chi connectivity index (χ0n) is 13.5. The van der Waals surface area contributed by atoms with Crippen LogP contribution in [0.4, 0.5) is 0 Å². The summed E-state index contributed by atoms with van der Waals surface area (Å²) in [4.78, 5) is 25.6. The summed E-state index contributed by atoms with van der Waals surface area (Å²) < 4.78 is 5.47. The maximum atomic E-state index is 12.4. The first kappa shape index (κ1) is 17.3. The average Bonchev–Trinajstić information content (AvgIpc) is 3.07. The van der Waals surface area contributed by atoms with Gasteiger partial charge in [0.05, 0.1) is 5.92 Å². The number of carboxylic acids is 1. The minimum absolute atomic E-state index is 0.129. The molecule has 2 aromatic rings. The van der Waals surface area contributed by atoms with Gasteiger partial charge in [-0.25, -0.2) is 0 Å². The lowest BCUT2D eigenvalue weighted by Gasteiger charge is -2.17. The fourth-order valence-corrected chi connectivity index (χ4v) is 3.19. The van der Waals surface area contributed by atoms with Crippen molar-refractivity contribution < 1.29 is 19.4 Å². The Bertz CT molecular complexity index is 748. The summed E-state index contributed by atoms with van der Waals surface area (Å²) in [5, 5.41) is 10.1. The van der Waals surface area contributed by atoms with Gasteiger partial charge in [0.1, 0.15) is 5.75 Å². The average molecular weight is 360 g/mol. The van der Waals surface area contributed by atoms with E-state index >= 15 is 0 Å². The zero-order valence-corrected chi connectivity index (χ0v) is 14.2. The highest BCUT2D eigenvalue weighted by Gasteiger charge is 2.40. The molecule has 1 fully saturated rings. The third-order valence-corrected chi connectivity index (χ3v) is 4.65. The number of hydrogen-bond acceptors (Lipinski definition) is 3. The Balaban J connectivity index is 1.65. The van der Waals surface area contributed by atoms with Gasteiger partial charge in [0, 0.05) is 24.0 Å². The lowest BCUT2D eigenvalue weighted by molar-refractivity contribution is -0.142. The molecule has 2 aromatic carbocycles. The molecule has 0 radical (unpaired) electrons. The molecule has 0 saturated carbocycles. The van der Waals surface area contributed by atoms with Crippen LogP contribution in [0.5, 0.6) is 5.75 Å². The number of aliphatic carboxylic acids is 1. The number of amides is 1. The van der Waals surface area contributed by atoms with Crippen LogP contribution in [0.3, 0.4) is 0 Å². The molecule has 1 aliphatic rings. The minimum Gasteiger partial charge on any atom is -0.484 e. The third-order valence-electron chi connectivity index (χ3n) is 4.39. The van der Waals surface area contributed by atoms with Gasteiger partial charge in [0.25, 0.3) is 5.91 Å². The monoisotopic (exact) mass is 359 g/mol. The van der Waals surface area contributed by atoms with Crippen molar-refractivity contribution in [3.05, 3.63) is 65.2 Å². The van der Waals surface area contributed by atoms with E-state index in [0.717, 1.165) is 5.56 Å². The van der Waals surface area contributed by atoms with Crippen molar-refractivity contribution in [1.29, 1.82) is 0 Å². The first-order valence-corrected chi connectivity index (χ1v) is 8.36. The Morgan fingerprint density at radius 3 is 2.40 bits per heavy atom. The van der Waals surface area contributed by atoms with E-state index in [9.17, 15) is 14.7 Å². The van der Waals surface area contributed by atoms with Gasteiger partial charge in [0.15, 0.2) is 6.61 Å². The Morgan fingerprint density at radius 2 is 1.76 bits per heavy atom. The summed E-state index contributed by atoms with van der Waals surface area (Å²) in [6.07, 6.45) is 0. The van der Waals surface area contributed by atoms with Gasteiger partial charge in [-0.15, -0.1) is 0 Å². The molecule has 1 aliphatic heterocycles. The van der Waals surface area contributed by atoms with E-state index in [1.54, 1.807) is 29.2 Å². The number of rotatable bonds is 5. The van der Waals surface area contributed by atoms with E-state index in [2.05, 4.69) is 0 Å². The van der Waals surface area contributed by atoms with E-state index < -0.39 is 11.9 Å². The van der Waals surface area contributed by atoms with Crippen LogP contribution in [-0.4, -0.2) is 41.6 Å². The predicted octanol–water partition coefficient (Wildman–Crippen LogP) is 3.05. The Morgan fingerprint density at radius 1 is 1.08 bits per heavy atom. The van der Waals surface area contributed by atoms with Gasteiger partial charge in [-0.1, -0.05) is 41.9 Å². The van der Waals surface area contributed by atoms with Crippen molar-refractivity contribution in [2.24, 2.45) is 5.92 Å². The topological polar surface area (TPSA) is 66.8 Å². The molecule has 0 aromatic heterocycles. The Labute approximate surface area is 150 Å². The highest BCUT2D eigenvalue weighted by atomic mass is 35.5. The molecule has 3 rings (SSSR count). The smallest absolute Gasteiger partial charge is 0.308 e. The molecular weight excluding hydrogens is 342 g/mol. The summed E-state index contributed by atoms with van der Waals surface area (Å²) in [5.41, 5.74) is 0.934. The lowest BCUT2D eigenvalue weighted by Crippen LogP contribution is -2.33. The number of ether oxygens (including phenoxy) is 1. The number of carbonyl (C=O) groups excluding carboxylic acids is 1. The molecule has 2 atom stereocenters. The third kappa shape index (κ3) is 4.12. The zero-order chi connectivity index (χ0) is 17.8. The molecule has 0 bridgehead atoms. The highest BCUT2D eigenvalue weighted by molar-refractivity contribution is 6.30. The standard InChI is InChI=1S/C19H18ClNO4/c20-14-6-8-15(9-7-14)25-12-18(22)21-10-16(17(11-21)19(23)24)13-4-2-1-3-5-13/h1-9,16-17H,10-12H2,(H,23,24)/t16-,17-/m1/s1. The van der Waals surface area contributed by atoms with Gasteiger partial charge < -0.3 is 14.7 Å². The maximum Gasteiger partial charge on any atom is 0.308 e. The van der Waals surface area contributed by atoms with Crippen molar-refractivity contribution in [2.45, 2.75) is 5.92 Å².